The molecule has 0 fully saturated rings. The van der Waals surface area contributed by atoms with Crippen LogP contribution in [-0.2, 0) is 4.79 Å². The molecule has 0 aromatic heterocycles. The minimum Gasteiger partial charge on any atom is -0.386 e. The Kier molecular flexibility index (Phi) is 4.10. The Hall–Kier alpha value is -1.19. The van der Waals surface area contributed by atoms with Crippen LogP contribution in [0.25, 0.3) is 0 Å². The summed E-state index contributed by atoms with van der Waals surface area (Å²) in [6, 6.07) is 0. The van der Waals surface area contributed by atoms with Crippen LogP contribution in [0.5, 0.6) is 0 Å². The zero-order valence-electron chi connectivity index (χ0n) is 7.09. The smallest absolute Gasteiger partial charge is 0.135 e. The van der Waals surface area contributed by atoms with Crippen LogP contribution in [0, 0.1) is 0 Å². The number of Topliss-reactive ketones (excluding diaryl/α,β-unsaturated/α-hetero) is 1. The molecule has 62 valence electrons. The lowest BCUT2D eigenvalue weighted by molar-refractivity contribution is -0.115. The van der Waals surface area contributed by atoms with Gasteiger partial charge in [-0.15, -0.1) is 5.10 Å². The number of amidine groups is 1. The van der Waals surface area contributed by atoms with Gasteiger partial charge in [-0.1, -0.05) is 0 Å². The second-order valence-corrected chi connectivity index (χ2v) is 2.46. The van der Waals surface area contributed by atoms with E-state index in [2.05, 4.69) is 10.2 Å². The third-order valence-electron chi connectivity index (χ3n) is 0.883. The number of carbonyl (C=O) groups excluding carboxylic acids is 1. The Morgan fingerprint density at radius 3 is 2.18 bits per heavy atom. The highest BCUT2D eigenvalue weighted by Crippen LogP contribution is 1.88. The van der Waals surface area contributed by atoms with Crippen molar-refractivity contribution in [1.82, 2.24) is 0 Å². The SMILES string of the molecule is CC(=O)C/C(C)=N/N=C(/C)N. The summed E-state index contributed by atoms with van der Waals surface area (Å²) in [7, 11) is 0. The van der Waals surface area contributed by atoms with Crippen molar-refractivity contribution in [2.24, 2.45) is 15.9 Å². The van der Waals surface area contributed by atoms with Crippen LogP contribution in [0.1, 0.15) is 27.2 Å². The van der Waals surface area contributed by atoms with Gasteiger partial charge in [-0.25, -0.2) is 0 Å². The molecular formula is C7H13N3O. The average Bonchev–Trinajstić information content (AvgIpc) is 1.82. The monoisotopic (exact) mass is 155 g/mol. The predicted octanol–water partition coefficient (Wildman–Crippen LogP) is 0.718. The normalized spacial score (nSPS) is 13.4. The molecule has 0 spiro atoms. The number of nitrogens with zero attached hydrogens (tertiary/aromatic N) is 2. The van der Waals surface area contributed by atoms with Crippen LogP contribution < -0.4 is 5.73 Å². The van der Waals surface area contributed by atoms with Gasteiger partial charge in [0.2, 0.25) is 0 Å². The van der Waals surface area contributed by atoms with Crippen LogP contribution in [0.15, 0.2) is 10.2 Å². The van der Waals surface area contributed by atoms with Crippen molar-refractivity contribution in [3.05, 3.63) is 0 Å². The number of nitrogens with two attached hydrogens (primary N) is 1. The van der Waals surface area contributed by atoms with E-state index in [1.54, 1.807) is 13.8 Å². The molecule has 0 saturated heterocycles. The maximum Gasteiger partial charge on any atom is 0.135 e. The van der Waals surface area contributed by atoms with Gasteiger partial charge in [0, 0.05) is 12.1 Å². The first-order valence-electron chi connectivity index (χ1n) is 3.35. The summed E-state index contributed by atoms with van der Waals surface area (Å²) >= 11 is 0. The molecule has 0 aliphatic carbocycles. The summed E-state index contributed by atoms with van der Waals surface area (Å²) < 4.78 is 0. The zero-order valence-corrected chi connectivity index (χ0v) is 7.09. The fourth-order valence-corrected chi connectivity index (χ4v) is 0.560. The van der Waals surface area contributed by atoms with E-state index in [-0.39, 0.29) is 5.78 Å². The summed E-state index contributed by atoms with van der Waals surface area (Å²) in [5.74, 6) is 0.476. The number of hydrogen-bond acceptors (Lipinski definition) is 3. The fourth-order valence-electron chi connectivity index (χ4n) is 0.560. The first-order valence-corrected chi connectivity index (χ1v) is 3.35. The van der Waals surface area contributed by atoms with Crippen molar-refractivity contribution in [3.8, 4) is 0 Å². The largest absolute Gasteiger partial charge is 0.386 e. The average molecular weight is 155 g/mol. The van der Waals surface area contributed by atoms with Gasteiger partial charge in [0.25, 0.3) is 0 Å². The molecule has 2 N–H and O–H groups in total. The number of ketones is 1. The first kappa shape index (κ1) is 9.81. The molecular weight excluding hydrogens is 142 g/mol. The molecule has 0 saturated carbocycles. The van der Waals surface area contributed by atoms with E-state index in [1.807, 2.05) is 0 Å². The topological polar surface area (TPSA) is 67.8 Å². The molecule has 0 rings (SSSR count). The summed E-state index contributed by atoms with van der Waals surface area (Å²) in [5.41, 5.74) is 5.91. The highest BCUT2D eigenvalue weighted by molar-refractivity contribution is 5.99. The quantitative estimate of drug-likeness (QED) is 0.370. The van der Waals surface area contributed by atoms with Gasteiger partial charge >= 0.3 is 0 Å². The minimum absolute atomic E-state index is 0.0797. The Balaban J connectivity index is 4.02. The number of rotatable bonds is 3. The maximum absolute atomic E-state index is 10.5. The molecule has 0 heterocycles. The molecule has 0 aromatic rings. The predicted molar refractivity (Wildman–Crippen MR) is 45.7 cm³/mol. The molecule has 0 aliphatic rings. The lowest BCUT2D eigenvalue weighted by atomic mass is 10.2. The molecule has 0 amide bonds. The van der Waals surface area contributed by atoms with Crippen molar-refractivity contribution in [2.75, 3.05) is 0 Å². The molecule has 0 atom stereocenters. The van der Waals surface area contributed by atoms with E-state index in [0.717, 1.165) is 0 Å². The lowest BCUT2D eigenvalue weighted by Gasteiger charge is -1.91. The van der Waals surface area contributed by atoms with Crippen molar-refractivity contribution in [3.63, 3.8) is 0 Å². The molecule has 11 heavy (non-hydrogen) atoms. The third-order valence-corrected chi connectivity index (χ3v) is 0.883. The van der Waals surface area contributed by atoms with Crippen LogP contribution in [-0.4, -0.2) is 17.3 Å². The fraction of sp³-hybridized carbons (Fsp3) is 0.571. The molecule has 4 heteroatoms. The van der Waals surface area contributed by atoms with Gasteiger partial charge in [-0.2, -0.15) is 5.10 Å². The van der Waals surface area contributed by atoms with Crippen LogP contribution >= 0.6 is 0 Å². The van der Waals surface area contributed by atoms with Crippen molar-refractivity contribution < 1.29 is 4.79 Å². The van der Waals surface area contributed by atoms with Crippen molar-refractivity contribution >= 4 is 17.3 Å². The van der Waals surface area contributed by atoms with Crippen molar-refractivity contribution in [1.29, 1.82) is 0 Å². The summed E-state index contributed by atoms with van der Waals surface area (Å²) in [5, 5.41) is 7.33. The molecule has 0 radical (unpaired) electrons. The van der Waals surface area contributed by atoms with E-state index in [4.69, 9.17) is 5.73 Å². The zero-order chi connectivity index (χ0) is 8.85. The Bertz CT molecular complexity index is 202. The lowest BCUT2D eigenvalue weighted by Crippen LogP contribution is -2.05. The van der Waals surface area contributed by atoms with Gasteiger partial charge < -0.3 is 5.73 Å². The van der Waals surface area contributed by atoms with Gasteiger partial charge in [-0.05, 0) is 20.8 Å². The second-order valence-electron chi connectivity index (χ2n) is 2.46. The van der Waals surface area contributed by atoms with Gasteiger partial charge in [0.05, 0.1) is 0 Å². The Labute approximate surface area is 66.2 Å². The number of hydrogen-bond donors (Lipinski definition) is 1. The molecule has 0 bridgehead atoms. The summed E-state index contributed by atoms with van der Waals surface area (Å²) in [6.07, 6.45) is 0.344. The summed E-state index contributed by atoms with van der Waals surface area (Å²) in [6.45, 7) is 4.90. The van der Waals surface area contributed by atoms with Gasteiger partial charge in [-0.3, -0.25) is 4.79 Å². The first-order chi connectivity index (χ1) is 5.02. The van der Waals surface area contributed by atoms with E-state index in [9.17, 15) is 4.79 Å². The highest BCUT2D eigenvalue weighted by Gasteiger charge is 1.95. The highest BCUT2D eigenvalue weighted by atomic mass is 16.1. The standard InChI is InChI=1S/C7H13N3O/c1-5(4-6(2)11)9-10-7(3)8/h4H2,1-3H3,(H2,8,10)/b9-5+. The van der Waals surface area contributed by atoms with E-state index in [1.165, 1.54) is 6.92 Å². The van der Waals surface area contributed by atoms with Crippen LogP contribution in [0.2, 0.25) is 0 Å². The van der Waals surface area contributed by atoms with Gasteiger partial charge in [0.1, 0.15) is 11.6 Å². The summed E-state index contributed by atoms with van der Waals surface area (Å²) in [4.78, 5) is 10.5. The van der Waals surface area contributed by atoms with E-state index < -0.39 is 0 Å². The van der Waals surface area contributed by atoms with Gasteiger partial charge in [0.15, 0.2) is 0 Å². The third kappa shape index (κ3) is 6.70. The molecule has 0 aliphatic heterocycles. The Morgan fingerprint density at radius 2 is 1.82 bits per heavy atom. The van der Waals surface area contributed by atoms with Crippen LogP contribution in [0.4, 0.5) is 0 Å². The van der Waals surface area contributed by atoms with Crippen molar-refractivity contribution in [2.45, 2.75) is 27.2 Å². The Morgan fingerprint density at radius 1 is 1.27 bits per heavy atom. The van der Waals surface area contributed by atoms with E-state index in [0.29, 0.717) is 18.0 Å². The molecule has 4 nitrogen and oxygen atoms in total. The number of carbonyl (C=O) groups is 1. The molecule has 0 unspecified atom stereocenters. The minimum atomic E-state index is 0.0797. The second kappa shape index (κ2) is 4.60. The van der Waals surface area contributed by atoms with Crippen LogP contribution in [0.3, 0.4) is 0 Å². The van der Waals surface area contributed by atoms with E-state index >= 15 is 0 Å². The maximum atomic E-state index is 10.5. The molecule has 0 aromatic carbocycles.